The molecule has 30 heavy (non-hydrogen) atoms. The van der Waals surface area contributed by atoms with Crippen molar-refractivity contribution in [2.75, 3.05) is 20.1 Å². The molecule has 0 bridgehead atoms. The lowest BCUT2D eigenvalue weighted by atomic mass is 9.80. The quantitative estimate of drug-likeness (QED) is 0.619. The summed E-state index contributed by atoms with van der Waals surface area (Å²) in [5.74, 6) is -0.644. The number of phenolic OH excluding ortho intramolecular Hbond substituents is 2. The number of nitrogens with one attached hydrogen (secondary N) is 2. The number of nitrogens with zero attached hydrogens (tertiary/aromatic N) is 1. The third kappa shape index (κ3) is 3.20. The van der Waals surface area contributed by atoms with Gasteiger partial charge in [-0.2, -0.15) is 0 Å². The Labute approximate surface area is 175 Å². The number of likely N-dealkylation sites (N-methyl/N-ethyl adjacent to an activating group) is 2. The van der Waals surface area contributed by atoms with E-state index in [0.29, 0.717) is 17.7 Å². The van der Waals surface area contributed by atoms with Crippen LogP contribution in [0.25, 0.3) is 5.57 Å². The SMILES string of the molecule is CCNC(=O)C1(c2cc(C)c(O)cc2O)ONC=C1c1ccc2c(c1)CCN(C)C2. The van der Waals surface area contributed by atoms with E-state index in [9.17, 15) is 15.0 Å². The van der Waals surface area contributed by atoms with Gasteiger partial charge in [0.05, 0.1) is 0 Å². The van der Waals surface area contributed by atoms with Crippen LogP contribution in [0, 0.1) is 6.92 Å². The molecule has 1 unspecified atom stereocenters. The summed E-state index contributed by atoms with van der Waals surface area (Å²) in [7, 11) is 2.10. The molecule has 0 saturated carbocycles. The summed E-state index contributed by atoms with van der Waals surface area (Å²) in [6, 6.07) is 9.01. The predicted molar refractivity (Wildman–Crippen MR) is 114 cm³/mol. The van der Waals surface area contributed by atoms with Crippen molar-refractivity contribution in [3.8, 4) is 11.5 Å². The summed E-state index contributed by atoms with van der Waals surface area (Å²) in [6.45, 7) is 5.82. The minimum Gasteiger partial charge on any atom is -0.508 e. The van der Waals surface area contributed by atoms with Crippen molar-refractivity contribution < 1.29 is 19.8 Å². The fourth-order valence-electron chi connectivity index (χ4n) is 4.23. The first-order chi connectivity index (χ1) is 14.4. The molecule has 0 aromatic heterocycles. The van der Waals surface area contributed by atoms with E-state index < -0.39 is 5.60 Å². The van der Waals surface area contributed by atoms with Crippen molar-refractivity contribution in [2.24, 2.45) is 0 Å². The van der Waals surface area contributed by atoms with E-state index in [1.165, 1.54) is 17.2 Å². The Morgan fingerprint density at radius 3 is 2.80 bits per heavy atom. The molecule has 7 heteroatoms. The number of hydrogen-bond acceptors (Lipinski definition) is 6. The van der Waals surface area contributed by atoms with Gasteiger partial charge in [0, 0.05) is 43.0 Å². The number of phenols is 2. The summed E-state index contributed by atoms with van der Waals surface area (Å²) in [5.41, 5.74) is 5.94. The maximum atomic E-state index is 13.3. The highest BCUT2D eigenvalue weighted by atomic mass is 16.7. The molecule has 2 aliphatic heterocycles. The molecule has 158 valence electrons. The van der Waals surface area contributed by atoms with Gasteiger partial charge in [0.2, 0.25) is 5.60 Å². The maximum absolute atomic E-state index is 13.3. The molecule has 0 fully saturated rings. The molecule has 1 amide bonds. The number of aryl methyl sites for hydroxylation is 1. The Hall–Kier alpha value is -3.03. The molecular weight excluding hydrogens is 382 g/mol. The first-order valence-corrected chi connectivity index (χ1v) is 10.1. The van der Waals surface area contributed by atoms with Gasteiger partial charge in [-0.15, -0.1) is 0 Å². The molecule has 4 rings (SSSR count). The maximum Gasteiger partial charge on any atom is 0.264 e. The number of benzene rings is 2. The van der Waals surface area contributed by atoms with Gasteiger partial charge in [-0.1, -0.05) is 18.2 Å². The minimum absolute atomic E-state index is 0.0447. The van der Waals surface area contributed by atoms with E-state index >= 15 is 0 Å². The summed E-state index contributed by atoms with van der Waals surface area (Å²) in [5, 5.41) is 23.5. The van der Waals surface area contributed by atoms with Crippen LogP contribution < -0.4 is 10.8 Å². The third-order valence-electron chi connectivity index (χ3n) is 5.87. The van der Waals surface area contributed by atoms with Crippen molar-refractivity contribution in [1.29, 1.82) is 0 Å². The number of carbonyl (C=O) groups excluding carboxylic acids is 1. The fraction of sp³-hybridized carbons (Fsp3) is 0.348. The van der Waals surface area contributed by atoms with Gasteiger partial charge in [0.15, 0.2) is 0 Å². The van der Waals surface area contributed by atoms with Gasteiger partial charge in [-0.05, 0) is 55.6 Å². The molecule has 2 aromatic carbocycles. The third-order valence-corrected chi connectivity index (χ3v) is 5.87. The van der Waals surface area contributed by atoms with Gasteiger partial charge < -0.3 is 20.4 Å². The van der Waals surface area contributed by atoms with Crippen LogP contribution in [0.4, 0.5) is 0 Å². The second kappa shape index (κ2) is 7.66. The van der Waals surface area contributed by atoms with E-state index in [1.54, 1.807) is 19.2 Å². The van der Waals surface area contributed by atoms with Crippen molar-refractivity contribution >= 4 is 11.5 Å². The summed E-state index contributed by atoms with van der Waals surface area (Å²) < 4.78 is 0. The number of aromatic hydroxyl groups is 2. The lowest BCUT2D eigenvalue weighted by molar-refractivity contribution is -0.144. The molecular formula is C23H27N3O4. The largest absolute Gasteiger partial charge is 0.508 e. The van der Waals surface area contributed by atoms with Gasteiger partial charge in [0.25, 0.3) is 5.91 Å². The number of hydrogen-bond donors (Lipinski definition) is 4. The van der Waals surface area contributed by atoms with Crippen molar-refractivity contribution in [3.63, 3.8) is 0 Å². The zero-order valence-corrected chi connectivity index (χ0v) is 17.5. The topological polar surface area (TPSA) is 94.1 Å². The van der Waals surface area contributed by atoms with E-state index in [0.717, 1.165) is 25.1 Å². The summed E-state index contributed by atoms with van der Waals surface area (Å²) in [4.78, 5) is 21.5. The van der Waals surface area contributed by atoms with Crippen LogP contribution >= 0.6 is 0 Å². The van der Waals surface area contributed by atoms with Crippen LogP contribution in [-0.2, 0) is 28.2 Å². The second-order valence-corrected chi connectivity index (χ2v) is 7.95. The van der Waals surface area contributed by atoms with E-state index in [2.05, 4.69) is 34.9 Å². The highest BCUT2D eigenvalue weighted by molar-refractivity contribution is 6.02. The van der Waals surface area contributed by atoms with Gasteiger partial charge in [-0.25, -0.2) is 4.84 Å². The highest BCUT2D eigenvalue weighted by Crippen LogP contribution is 2.47. The summed E-state index contributed by atoms with van der Waals surface area (Å²) >= 11 is 0. The minimum atomic E-state index is -1.59. The molecule has 4 N–H and O–H groups in total. The smallest absolute Gasteiger partial charge is 0.264 e. The molecule has 2 heterocycles. The Balaban J connectivity index is 1.87. The highest BCUT2D eigenvalue weighted by Gasteiger charge is 2.51. The first kappa shape index (κ1) is 20.3. The molecule has 0 saturated heterocycles. The van der Waals surface area contributed by atoms with Crippen LogP contribution in [0.3, 0.4) is 0 Å². The van der Waals surface area contributed by atoms with Crippen LogP contribution in [0.1, 0.15) is 34.7 Å². The van der Waals surface area contributed by atoms with Crippen LogP contribution in [0.15, 0.2) is 36.5 Å². The first-order valence-electron chi connectivity index (χ1n) is 10.1. The average Bonchev–Trinajstić information content (AvgIpc) is 3.16. The number of hydroxylamine groups is 1. The van der Waals surface area contributed by atoms with E-state index in [1.807, 2.05) is 13.0 Å². The molecule has 0 spiro atoms. The molecule has 2 aliphatic rings. The van der Waals surface area contributed by atoms with Crippen LogP contribution in [-0.4, -0.2) is 41.2 Å². The lowest BCUT2D eigenvalue weighted by Crippen LogP contribution is -2.46. The van der Waals surface area contributed by atoms with Gasteiger partial charge in [-0.3, -0.25) is 10.3 Å². The Morgan fingerprint density at radius 1 is 1.23 bits per heavy atom. The lowest BCUT2D eigenvalue weighted by Gasteiger charge is -2.31. The monoisotopic (exact) mass is 409 g/mol. The Kier molecular flexibility index (Phi) is 5.17. The molecule has 0 radical (unpaired) electrons. The molecule has 1 atom stereocenters. The molecule has 7 nitrogen and oxygen atoms in total. The standard InChI is InChI=1S/C23H27N3O4/c1-4-24-22(29)23(18-9-14(2)20(27)11-21(18)28)19(12-25-30-23)16-5-6-17-13-26(3)8-7-15(17)10-16/h5-6,9-12,25,27-28H,4,7-8,13H2,1-3H3,(H,24,29). The van der Waals surface area contributed by atoms with Crippen LogP contribution in [0.5, 0.6) is 11.5 Å². The number of carbonyl (C=O) groups is 1. The van der Waals surface area contributed by atoms with E-state index in [-0.39, 0.29) is 23.0 Å². The average molecular weight is 409 g/mol. The summed E-state index contributed by atoms with van der Waals surface area (Å²) in [6.07, 6.45) is 2.59. The molecule has 0 aliphatic carbocycles. The van der Waals surface area contributed by atoms with Gasteiger partial charge in [0.1, 0.15) is 11.5 Å². The Morgan fingerprint density at radius 2 is 2.03 bits per heavy atom. The predicted octanol–water partition coefficient (Wildman–Crippen LogP) is 2.30. The number of rotatable bonds is 4. The van der Waals surface area contributed by atoms with Crippen molar-refractivity contribution in [3.05, 3.63) is 64.3 Å². The second-order valence-electron chi connectivity index (χ2n) is 7.95. The van der Waals surface area contributed by atoms with Crippen molar-refractivity contribution in [2.45, 2.75) is 32.4 Å². The van der Waals surface area contributed by atoms with Crippen LogP contribution in [0.2, 0.25) is 0 Å². The van der Waals surface area contributed by atoms with Crippen molar-refractivity contribution in [1.82, 2.24) is 15.7 Å². The number of fused-ring (bicyclic) bond motifs is 1. The fourth-order valence-corrected chi connectivity index (χ4v) is 4.23. The number of amides is 1. The normalized spacial score (nSPS) is 21.0. The zero-order valence-electron chi connectivity index (χ0n) is 17.5. The zero-order chi connectivity index (χ0) is 21.5. The van der Waals surface area contributed by atoms with E-state index in [4.69, 9.17) is 4.84 Å². The Bertz CT molecular complexity index is 1030. The van der Waals surface area contributed by atoms with Gasteiger partial charge >= 0.3 is 0 Å². The molecule has 2 aromatic rings.